The fraction of sp³-hybridized carbons (Fsp3) is 0.333. The lowest BCUT2D eigenvalue weighted by Gasteiger charge is -2.35. The van der Waals surface area contributed by atoms with E-state index in [9.17, 15) is 9.59 Å². The van der Waals surface area contributed by atoms with Gasteiger partial charge in [0.25, 0.3) is 0 Å². The molecule has 4 rings (SSSR count). The molecule has 5 heteroatoms. The van der Waals surface area contributed by atoms with Gasteiger partial charge < -0.3 is 16.4 Å². The summed E-state index contributed by atoms with van der Waals surface area (Å²) in [6.45, 7) is 4.27. The molecular formula is C24H27N3O2. The molecule has 29 heavy (non-hydrogen) atoms. The van der Waals surface area contributed by atoms with Gasteiger partial charge in [-0.05, 0) is 47.6 Å². The van der Waals surface area contributed by atoms with E-state index in [2.05, 4.69) is 24.5 Å². The minimum Gasteiger partial charge on any atom is -0.378 e. The van der Waals surface area contributed by atoms with Crippen molar-refractivity contribution >= 4 is 23.1 Å². The number of benzene rings is 2. The Morgan fingerprint density at radius 2 is 1.90 bits per heavy atom. The monoisotopic (exact) mass is 389 g/mol. The number of carbonyl (C=O) groups excluding carboxylic acids is 2. The third kappa shape index (κ3) is 3.65. The SMILES string of the molecule is CC(C)c1ccc(CC(=O)NC2(C(N)=O)C=C3c4ccccc4NC3CC2)cc1. The van der Waals surface area contributed by atoms with Crippen LogP contribution in [0.3, 0.4) is 0 Å². The smallest absolute Gasteiger partial charge is 0.247 e. The van der Waals surface area contributed by atoms with Crippen molar-refractivity contribution in [3.63, 3.8) is 0 Å². The third-order valence-electron chi connectivity index (χ3n) is 5.99. The first-order chi connectivity index (χ1) is 13.9. The van der Waals surface area contributed by atoms with E-state index in [0.717, 1.165) is 28.8 Å². The third-order valence-corrected chi connectivity index (χ3v) is 5.99. The summed E-state index contributed by atoms with van der Waals surface area (Å²) < 4.78 is 0. The molecule has 2 unspecified atom stereocenters. The standard InChI is InChI=1S/C24H27N3O2/c1-15(2)17-9-7-16(8-10-17)13-22(28)27-24(23(25)29)12-11-21-19(14-24)18-5-3-4-6-20(18)26-21/h3-10,14-15,21,26H,11-13H2,1-2H3,(H2,25,29)(H,27,28). The molecule has 0 aromatic heterocycles. The van der Waals surface area contributed by atoms with Gasteiger partial charge in [-0.1, -0.05) is 56.3 Å². The summed E-state index contributed by atoms with van der Waals surface area (Å²) in [5, 5.41) is 6.43. The molecule has 0 saturated carbocycles. The highest BCUT2D eigenvalue weighted by Crippen LogP contribution is 2.42. The maximum absolute atomic E-state index is 12.8. The molecule has 2 aliphatic rings. The van der Waals surface area contributed by atoms with Crippen LogP contribution in [0.15, 0.2) is 54.6 Å². The Bertz CT molecular complexity index is 978. The van der Waals surface area contributed by atoms with Crippen molar-refractivity contribution in [2.75, 3.05) is 5.32 Å². The van der Waals surface area contributed by atoms with E-state index >= 15 is 0 Å². The zero-order valence-electron chi connectivity index (χ0n) is 16.9. The maximum Gasteiger partial charge on any atom is 0.247 e. The summed E-state index contributed by atoms with van der Waals surface area (Å²) in [7, 11) is 0. The second kappa shape index (κ2) is 7.39. The molecule has 2 amide bonds. The largest absolute Gasteiger partial charge is 0.378 e. The number of nitrogens with two attached hydrogens (primary N) is 1. The van der Waals surface area contributed by atoms with Crippen molar-refractivity contribution in [3.8, 4) is 0 Å². The van der Waals surface area contributed by atoms with Crippen LogP contribution >= 0.6 is 0 Å². The summed E-state index contributed by atoms with van der Waals surface area (Å²) in [5.41, 5.74) is 9.94. The molecule has 1 aliphatic heterocycles. The normalized spacial score (nSPS) is 22.3. The molecule has 2 aromatic carbocycles. The van der Waals surface area contributed by atoms with Gasteiger partial charge in [-0.3, -0.25) is 9.59 Å². The fourth-order valence-electron chi connectivity index (χ4n) is 4.28. The highest BCUT2D eigenvalue weighted by atomic mass is 16.2. The van der Waals surface area contributed by atoms with Gasteiger partial charge in [-0.2, -0.15) is 0 Å². The van der Waals surface area contributed by atoms with E-state index in [1.54, 1.807) is 0 Å². The topological polar surface area (TPSA) is 84.2 Å². The van der Waals surface area contributed by atoms with Gasteiger partial charge in [0.05, 0.1) is 12.5 Å². The number of fused-ring (bicyclic) bond motifs is 3. The summed E-state index contributed by atoms with van der Waals surface area (Å²) in [4.78, 5) is 25.2. The van der Waals surface area contributed by atoms with Crippen LogP contribution in [0, 0.1) is 0 Å². The number of amides is 2. The minimum absolute atomic E-state index is 0.153. The molecule has 4 N–H and O–H groups in total. The van der Waals surface area contributed by atoms with Crippen molar-refractivity contribution < 1.29 is 9.59 Å². The van der Waals surface area contributed by atoms with E-state index in [1.165, 1.54) is 5.56 Å². The Labute approximate surface area is 171 Å². The Hall–Kier alpha value is -3.08. The van der Waals surface area contributed by atoms with Gasteiger partial charge in [0, 0.05) is 11.3 Å². The molecule has 5 nitrogen and oxygen atoms in total. The van der Waals surface area contributed by atoms with Crippen molar-refractivity contribution in [1.82, 2.24) is 5.32 Å². The first-order valence-electron chi connectivity index (χ1n) is 10.2. The number of hydrogen-bond donors (Lipinski definition) is 3. The van der Waals surface area contributed by atoms with Crippen LogP contribution in [-0.4, -0.2) is 23.4 Å². The number of hydrogen-bond acceptors (Lipinski definition) is 3. The Morgan fingerprint density at radius 3 is 2.59 bits per heavy atom. The Balaban J connectivity index is 1.56. The van der Waals surface area contributed by atoms with Crippen LogP contribution in [-0.2, 0) is 16.0 Å². The molecule has 0 bridgehead atoms. The van der Waals surface area contributed by atoms with Crippen LogP contribution < -0.4 is 16.4 Å². The predicted octanol–water partition coefficient (Wildman–Crippen LogP) is 3.36. The molecule has 150 valence electrons. The zero-order valence-corrected chi connectivity index (χ0v) is 16.9. The molecular weight excluding hydrogens is 362 g/mol. The summed E-state index contributed by atoms with van der Waals surface area (Å²) in [6, 6.07) is 16.2. The number of anilines is 1. The van der Waals surface area contributed by atoms with E-state index in [-0.39, 0.29) is 18.4 Å². The molecule has 2 atom stereocenters. The van der Waals surface area contributed by atoms with E-state index < -0.39 is 11.4 Å². The van der Waals surface area contributed by atoms with Crippen LogP contribution in [0.5, 0.6) is 0 Å². The number of primary amides is 1. The molecule has 0 radical (unpaired) electrons. The van der Waals surface area contributed by atoms with Crippen LogP contribution in [0.4, 0.5) is 5.69 Å². The summed E-state index contributed by atoms with van der Waals surface area (Å²) in [6.07, 6.45) is 3.29. The van der Waals surface area contributed by atoms with Crippen molar-refractivity contribution in [3.05, 3.63) is 71.3 Å². The number of rotatable bonds is 5. The van der Waals surface area contributed by atoms with Crippen molar-refractivity contribution in [1.29, 1.82) is 0 Å². The molecule has 0 fully saturated rings. The van der Waals surface area contributed by atoms with E-state index in [4.69, 9.17) is 5.73 Å². The molecule has 2 aromatic rings. The van der Waals surface area contributed by atoms with Gasteiger partial charge in [0.1, 0.15) is 5.54 Å². The lowest BCUT2D eigenvalue weighted by atomic mass is 9.79. The number of para-hydroxylation sites is 1. The molecule has 0 spiro atoms. The highest BCUT2D eigenvalue weighted by molar-refractivity contribution is 5.98. The zero-order chi connectivity index (χ0) is 20.6. The molecule has 1 aliphatic carbocycles. The van der Waals surface area contributed by atoms with E-state index in [1.807, 2.05) is 54.6 Å². The number of nitrogens with one attached hydrogen (secondary N) is 2. The quantitative estimate of drug-likeness (QED) is 0.733. The maximum atomic E-state index is 12.8. The van der Waals surface area contributed by atoms with Crippen molar-refractivity contribution in [2.45, 2.75) is 50.6 Å². The van der Waals surface area contributed by atoms with Gasteiger partial charge in [0.15, 0.2) is 0 Å². The van der Waals surface area contributed by atoms with Crippen LogP contribution in [0.2, 0.25) is 0 Å². The van der Waals surface area contributed by atoms with Gasteiger partial charge in [0.2, 0.25) is 11.8 Å². The average molecular weight is 389 g/mol. The second-order valence-corrected chi connectivity index (χ2v) is 8.34. The van der Waals surface area contributed by atoms with Gasteiger partial charge >= 0.3 is 0 Å². The number of carbonyl (C=O) groups is 2. The minimum atomic E-state index is -1.15. The Kier molecular flexibility index (Phi) is 4.91. The lowest BCUT2D eigenvalue weighted by molar-refractivity contribution is -0.130. The van der Waals surface area contributed by atoms with E-state index in [0.29, 0.717) is 12.3 Å². The lowest BCUT2D eigenvalue weighted by Crippen LogP contribution is -2.58. The average Bonchev–Trinajstić information content (AvgIpc) is 3.06. The molecule has 0 saturated heterocycles. The highest BCUT2D eigenvalue weighted by Gasteiger charge is 2.43. The van der Waals surface area contributed by atoms with Gasteiger partial charge in [-0.15, -0.1) is 0 Å². The first-order valence-corrected chi connectivity index (χ1v) is 10.2. The van der Waals surface area contributed by atoms with Gasteiger partial charge in [-0.25, -0.2) is 0 Å². The van der Waals surface area contributed by atoms with Crippen LogP contribution in [0.1, 0.15) is 49.3 Å². The second-order valence-electron chi connectivity index (χ2n) is 8.34. The summed E-state index contributed by atoms with van der Waals surface area (Å²) in [5.74, 6) is -0.271. The van der Waals surface area contributed by atoms with Crippen molar-refractivity contribution in [2.24, 2.45) is 5.73 Å². The summed E-state index contributed by atoms with van der Waals surface area (Å²) >= 11 is 0. The first kappa shape index (κ1) is 19.2. The fourth-order valence-corrected chi connectivity index (χ4v) is 4.28. The predicted molar refractivity (Wildman–Crippen MR) is 115 cm³/mol. The Morgan fingerprint density at radius 1 is 1.17 bits per heavy atom. The van der Waals surface area contributed by atoms with Crippen LogP contribution in [0.25, 0.3) is 5.57 Å². The molecule has 1 heterocycles.